The van der Waals surface area contributed by atoms with Crippen molar-refractivity contribution in [2.45, 2.75) is 31.8 Å². The van der Waals surface area contributed by atoms with Gasteiger partial charge in [0, 0.05) is 23.5 Å². The fraction of sp³-hybridized carbons (Fsp3) is 0.438. The summed E-state index contributed by atoms with van der Waals surface area (Å²) >= 11 is 1.76. The molecule has 2 heterocycles. The van der Waals surface area contributed by atoms with Crippen molar-refractivity contribution in [2.75, 3.05) is 13.7 Å². The maximum Gasteiger partial charge on any atom is 0.118 e. The van der Waals surface area contributed by atoms with Crippen LogP contribution in [-0.2, 0) is 4.74 Å². The number of hydrogen-bond donors (Lipinski definition) is 0. The summed E-state index contributed by atoms with van der Waals surface area (Å²) in [6, 6.07) is 8.07. The van der Waals surface area contributed by atoms with E-state index in [0.29, 0.717) is 12.0 Å². The van der Waals surface area contributed by atoms with E-state index in [1.807, 2.05) is 12.1 Å². The van der Waals surface area contributed by atoms with Gasteiger partial charge in [0.2, 0.25) is 0 Å². The third kappa shape index (κ3) is 3.84. The molecule has 114 valence electrons. The molecule has 2 unspecified atom stereocenters. The highest BCUT2D eigenvalue weighted by Gasteiger charge is 2.23. The third-order valence-corrected chi connectivity index (χ3v) is 4.75. The standard InChI is InChI=1S/C16H19NO2S.BrH/c1-11-9-13(7-8-19-11)16-17-15(10-20-16)12-3-5-14(18-2)6-4-12;/h3-6,10-11,13H,7-9H2,1-2H3;1H/p-1. The Balaban J connectivity index is 0.00000161. The summed E-state index contributed by atoms with van der Waals surface area (Å²) in [6.45, 7) is 2.99. The molecule has 0 aliphatic carbocycles. The number of halogens is 1. The zero-order valence-corrected chi connectivity index (χ0v) is 14.6. The Morgan fingerprint density at radius 2 is 2.05 bits per heavy atom. The first-order valence-electron chi connectivity index (χ1n) is 6.97. The van der Waals surface area contributed by atoms with Crippen LogP contribution in [0.1, 0.15) is 30.7 Å². The molecular formula is C16H19BrNO2S-. The molecule has 1 saturated heterocycles. The van der Waals surface area contributed by atoms with Gasteiger partial charge in [-0.25, -0.2) is 4.98 Å². The highest BCUT2D eigenvalue weighted by molar-refractivity contribution is 7.10. The lowest BCUT2D eigenvalue weighted by atomic mass is 9.97. The lowest BCUT2D eigenvalue weighted by Crippen LogP contribution is -3.00. The third-order valence-electron chi connectivity index (χ3n) is 3.74. The SMILES string of the molecule is COc1ccc(-c2csc(C3CCOC(C)C3)n2)cc1.[Br-]. The van der Waals surface area contributed by atoms with Gasteiger partial charge in [-0.05, 0) is 44.0 Å². The molecule has 21 heavy (non-hydrogen) atoms. The number of thiazole rings is 1. The molecule has 0 spiro atoms. The quantitative estimate of drug-likeness (QED) is 0.812. The Bertz CT molecular complexity index is 570. The van der Waals surface area contributed by atoms with Gasteiger partial charge in [0.15, 0.2) is 0 Å². The summed E-state index contributed by atoms with van der Waals surface area (Å²) in [5.74, 6) is 1.43. The van der Waals surface area contributed by atoms with E-state index in [4.69, 9.17) is 14.5 Å². The molecule has 0 amide bonds. The van der Waals surface area contributed by atoms with Gasteiger partial charge < -0.3 is 26.5 Å². The van der Waals surface area contributed by atoms with E-state index in [0.717, 1.165) is 36.5 Å². The Morgan fingerprint density at radius 1 is 1.29 bits per heavy atom. The van der Waals surface area contributed by atoms with E-state index in [9.17, 15) is 0 Å². The normalized spacial score (nSPS) is 21.6. The van der Waals surface area contributed by atoms with Gasteiger partial charge >= 0.3 is 0 Å². The van der Waals surface area contributed by atoms with Crippen molar-refractivity contribution in [3.8, 4) is 17.0 Å². The van der Waals surface area contributed by atoms with Crippen molar-refractivity contribution in [1.82, 2.24) is 4.98 Å². The fourth-order valence-electron chi connectivity index (χ4n) is 2.59. The number of rotatable bonds is 3. The highest BCUT2D eigenvalue weighted by atomic mass is 79.9. The van der Waals surface area contributed by atoms with E-state index < -0.39 is 0 Å². The van der Waals surface area contributed by atoms with Crippen molar-refractivity contribution in [3.63, 3.8) is 0 Å². The van der Waals surface area contributed by atoms with Crippen LogP contribution in [0.3, 0.4) is 0 Å². The molecule has 2 atom stereocenters. The molecular weight excluding hydrogens is 350 g/mol. The van der Waals surface area contributed by atoms with Gasteiger partial charge in [-0.1, -0.05) is 0 Å². The van der Waals surface area contributed by atoms with Gasteiger partial charge in [0.05, 0.1) is 23.9 Å². The molecule has 3 rings (SSSR count). The Kier molecular flexibility index (Phi) is 5.79. The molecule has 1 fully saturated rings. The summed E-state index contributed by atoms with van der Waals surface area (Å²) in [4.78, 5) is 4.82. The molecule has 1 aromatic carbocycles. The van der Waals surface area contributed by atoms with Gasteiger partial charge in [0.25, 0.3) is 0 Å². The number of hydrogen-bond acceptors (Lipinski definition) is 4. The average Bonchev–Trinajstić information content (AvgIpc) is 2.97. The van der Waals surface area contributed by atoms with Crippen LogP contribution in [-0.4, -0.2) is 24.8 Å². The van der Waals surface area contributed by atoms with Gasteiger partial charge in [-0.2, -0.15) is 0 Å². The monoisotopic (exact) mass is 368 g/mol. The number of ether oxygens (including phenoxy) is 2. The molecule has 1 aliphatic rings. The summed E-state index contributed by atoms with van der Waals surface area (Å²) in [6.07, 6.45) is 2.51. The maximum atomic E-state index is 5.61. The van der Waals surface area contributed by atoms with Crippen LogP contribution in [0.2, 0.25) is 0 Å². The number of nitrogens with zero attached hydrogens (tertiary/aromatic N) is 1. The first kappa shape index (κ1) is 16.5. The summed E-state index contributed by atoms with van der Waals surface area (Å²) in [7, 11) is 1.68. The van der Waals surface area contributed by atoms with Crippen molar-refractivity contribution in [3.05, 3.63) is 34.7 Å². The topological polar surface area (TPSA) is 31.4 Å². The average molecular weight is 369 g/mol. The van der Waals surface area contributed by atoms with Crippen LogP contribution in [0.25, 0.3) is 11.3 Å². The molecule has 3 nitrogen and oxygen atoms in total. The second-order valence-corrected chi connectivity index (χ2v) is 6.09. The van der Waals surface area contributed by atoms with E-state index in [2.05, 4.69) is 24.4 Å². The largest absolute Gasteiger partial charge is 1.00 e. The molecule has 0 radical (unpaired) electrons. The van der Waals surface area contributed by atoms with Crippen LogP contribution in [0, 0.1) is 0 Å². The Hall–Kier alpha value is -0.910. The van der Waals surface area contributed by atoms with Gasteiger partial charge in [0.1, 0.15) is 5.75 Å². The number of methoxy groups -OCH3 is 1. The molecule has 1 aliphatic heterocycles. The lowest BCUT2D eigenvalue weighted by molar-refractivity contribution is -0.0000140. The first-order valence-corrected chi connectivity index (χ1v) is 7.85. The molecule has 2 aromatic rings. The van der Waals surface area contributed by atoms with E-state index >= 15 is 0 Å². The summed E-state index contributed by atoms with van der Waals surface area (Å²) in [5, 5.41) is 3.39. The summed E-state index contributed by atoms with van der Waals surface area (Å²) in [5.41, 5.74) is 2.21. The first-order chi connectivity index (χ1) is 9.76. The molecule has 5 heteroatoms. The predicted octanol–water partition coefficient (Wildman–Crippen LogP) is 1.11. The Labute approximate surface area is 140 Å². The van der Waals surface area contributed by atoms with Crippen LogP contribution in [0.15, 0.2) is 29.6 Å². The minimum Gasteiger partial charge on any atom is -1.00 e. The van der Waals surface area contributed by atoms with Crippen LogP contribution in [0.5, 0.6) is 5.75 Å². The minimum absolute atomic E-state index is 0. The van der Waals surface area contributed by atoms with Crippen LogP contribution in [0.4, 0.5) is 0 Å². The lowest BCUT2D eigenvalue weighted by Gasteiger charge is -2.25. The second kappa shape index (κ2) is 7.38. The van der Waals surface area contributed by atoms with Crippen LogP contribution >= 0.6 is 11.3 Å². The number of benzene rings is 1. The minimum atomic E-state index is 0. The maximum absolute atomic E-state index is 5.61. The molecule has 0 bridgehead atoms. The zero-order chi connectivity index (χ0) is 13.9. The predicted molar refractivity (Wildman–Crippen MR) is 81.5 cm³/mol. The summed E-state index contributed by atoms with van der Waals surface area (Å²) < 4.78 is 10.8. The zero-order valence-electron chi connectivity index (χ0n) is 12.2. The van der Waals surface area contributed by atoms with Gasteiger partial charge in [-0.15, -0.1) is 11.3 Å². The highest BCUT2D eigenvalue weighted by Crippen LogP contribution is 2.34. The fourth-order valence-corrected chi connectivity index (χ4v) is 3.57. The van der Waals surface area contributed by atoms with E-state index in [1.165, 1.54) is 5.01 Å². The molecule has 0 saturated carbocycles. The van der Waals surface area contributed by atoms with Crippen molar-refractivity contribution >= 4 is 11.3 Å². The molecule has 0 N–H and O–H groups in total. The second-order valence-electron chi connectivity index (χ2n) is 5.20. The van der Waals surface area contributed by atoms with Gasteiger partial charge in [-0.3, -0.25) is 0 Å². The number of aromatic nitrogens is 1. The van der Waals surface area contributed by atoms with E-state index in [-0.39, 0.29) is 17.0 Å². The van der Waals surface area contributed by atoms with E-state index in [1.54, 1.807) is 18.4 Å². The van der Waals surface area contributed by atoms with Crippen molar-refractivity contribution < 1.29 is 26.5 Å². The molecule has 1 aromatic heterocycles. The Morgan fingerprint density at radius 3 is 2.71 bits per heavy atom. The van der Waals surface area contributed by atoms with Crippen molar-refractivity contribution in [2.24, 2.45) is 0 Å². The van der Waals surface area contributed by atoms with Crippen molar-refractivity contribution in [1.29, 1.82) is 0 Å². The van der Waals surface area contributed by atoms with Crippen LogP contribution < -0.4 is 21.7 Å². The smallest absolute Gasteiger partial charge is 0.118 e.